The molecule has 0 aliphatic carbocycles. The fourth-order valence-electron chi connectivity index (χ4n) is 8.01. The van der Waals surface area contributed by atoms with Crippen LogP contribution in [0, 0.1) is 0 Å². The van der Waals surface area contributed by atoms with Gasteiger partial charge in [-0.25, -0.2) is 15.0 Å². The van der Waals surface area contributed by atoms with Crippen LogP contribution in [0.5, 0.6) is 0 Å². The first-order valence-electron chi connectivity index (χ1n) is 18.8. The molecular formula is C51H32N4O. The van der Waals surface area contributed by atoms with Crippen LogP contribution in [0.25, 0.3) is 106 Å². The molecule has 5 nitrogen and oxygen atoms in total. The summed E-state index contributed by atoms with van der Waals surface area (Å²) in [5.74, 6) is 1.84. The first kappa shape index (κ1) is 31.9. The highest BCUT2D eigenvalue weighted by atomic mass is 16.3. The zero-order valence-electron chi connectivity index (χ0n) is 30.2. The largest absolute Gasteiger partial charge is 0.455 e. The van der Waals surface area contributed by atoms with Crippen molar-refractivity contribution in [2.75, 3.05) is 0 Å². The Morgan fingerprint density at radius 3 is 1.68 bits per heavy atom. The fraction of sp³-hybridized carbons (Fsp3) is 0. The van der Waals surface area contributed by atoms with E-state index in [-0.39, 0.29) is 0 Å². The Morgan fingerprint density at radius 2 is 0.875 bits per heavy atom. The van der Waals surface area contributed by atoms with E-state index in [9.17, 15) is 0 Å². The fourth-order valence-corrected chi connectivity index (χ4v) is 8.01. The van der Waals surface area contributed by atoms with Gasteiger partial charge in [-0.1, -0.05) is 164 Å². The summed E-state index contributed by atoms with van der Waals surface area (Å²) in [6.07, 6.45) is 0. The molecule has 11 rings (SSSR count). The molecule has 0 atom stereocenters. The maximum atomic E-state index is 6.50. The van der Waals surface area contributed by atoms with E-state index in [1.165, 1.54) is 5.39 Å². The lowest BCUT2D eigenvalue weighted by Crippen LogP contribution is -2.03. The molecule has 0 unspecified atom stereocenters. The molecule has 0 N–H and O–H groups in total. The molecule has 0 fully saturated rings. The van der Waals surface area contributed by atoms with Crippen molar-refractivity contribution >= 4 is 43.7 Å². The zero-order chi connectivity index (χ0) is 37.0. The van der Waals surface area contributed by atoms with E-state index < -0.39 is 0 Å². The van der Waals surface area contributed by atoms with Gasteiger partial charge in [0.2, 0.25) is 0 Å². The minimum atomic E-state index is 0.603. The van der Waals surface area contributed by atoms with Gasteiger partial charge in [-0.05, 0) is 47.0 Å². The molecule has 0 saturated carbocycles. The number of rotatable bonds is 6. The topological polar surface area (TPSA) is 56.7 Å². The molecule has 56 heavy (non-hydrogen) atoms. The second kappa shape index (κ2) is 13.0. The number of hydrogen-bond donors (Lipinski definition) is 0. The molecule has 8 aromatic carbocycles. The van der Waals surface area contributed by atoms with Crippen LogP contribution in [-0.4, -0.2) is 19.5 Å². The molecule has 3 heterocycles. The third-order valence-corrected chi connectivity index (χ3v) is 10.7. The summed E-state index contributed by atoms with van der Waals surface area (Å²) in [5.41, 5.74) is 12.1. The summed E-state index contributed by atoms with van der Waals surface area (Å²) >= 11 is 0. The summed E-state index contributed by atoms with van der Waals surface area (Å²) in [6.45, 7) is 0. The van der Waals surface area contributed by atoms with Gasteiger partial charge in [0.1, 0.15) is 11.2 Å². The predicted octanol–water partition coefficient (Wildman–Crippen LogP) is 13.2. The first-order valence-corrected chi connectivity index (χ1v) is 18.8. The molecule has 0 amide bonds. The van der Waals surface area contributed by atoms with Crippen molar-refractivity contribution in [2.45, 2.75) is 0 Å². The molecule has 3 aromatic heterocycles. The van der Waals surface area contributed by atoms with E-state index in [2.05, 4.69) is 150 Å². The highest BCUT2D eigenvalue weighted by molar-refractivity contribution is 6.13. The smallest absolute Gasteiger partial charge is 0.166 e. The summed E-state index contributed by atoms with van der Waals surface area (Å²) in [7, 11) is 0. The van der Waals surface area contributed by atoms with Crippen LogP contribution < -0.4 is 0 Å². The van der Waals surface area contributed by atoms with E-state index in [1.54, 1.807) is 0 Å². The molecule has 0 aliphatic heterocycles. The number of hydrogen-bond acceptors (Lipinski definition) is 4. The van der Waals surface area contributed by atoms with Crippen LogP contribution in [0.15, 0.2) is 199 Å². The van der Waals surface area contributed by atoms with Crippen LogP contribution in [0.2, 0.25) is 0 Å². The molecule has 0 spiro atoms. The Labute approximate surface area is 322 Å². The zero-order valence-corrected chi connectivity index (χ0v) is 30.2. The number of para-hydroxylation sites is 4. The monoisotopic (exact) mass is 716 g/mol. The molecule has 0 aliphatic rings. The van der Waals surface area contributed by atoms with Crippen molar-refractivity contribution in [3.63, 3.8) is 0 Å². The molecular weight excluding hydrogens is 685 g/mol. The third kappa shape index (κ3) is 5.29. The van der Waals surface area contributed by atoms with E-state index in [1.807, 2.05) is 48.5 Å². The highest BCUT2D eigenvalue weighted by Gasteiger charge is 2.20. The Bertz CT molecular complexity index is 3240. The van der Waals surface area contributed by atoms with Crippen molar-refractivity contribution < 1.29 is 4.42 Å². The Kier molecular flexibility index (Phi) is 7.42. The summed E-state index contributed by atoms with van der Waals surface area (Å²) in [4.78, 5) is 15.4. The Morgan fingerprint density at radius 1 is 0.339 bits per heavy atom. The maximum Gasteiger partial charge on any atom is 0.166 e. The van der Waals surface area contributed by atoms with E-state index in [0.29, 0.717) is 17.5 Å². The average Bonchev–Trinajstić information content (AvgIpc) is 3.82. The molecule has 0 radical (unpaired) electrons. The van der Waals surface area contributed by atoms with Crippen molar-refractivity contribution in [3.05, 3.63) is 194 Å². The Balaban J connectivity index is 1.11. The molecule has 0 saturated heterocycles. The van der Waals surface area contributed by atoms with Crippen LogP contribution in [0.1, 0.15) is 0 Å². The van der Waals surface area contributed by atoms with Gasteiger partial charge in [-0.15, -0.1) is 0 Å². The van der Waals surface area contributed by atoms with Crippen LogP contribution in [0.4, 0.5) is 0 Å². The van der Waals surface area contributed by atoms with Gasteiger partial charge in [-0.2, -0.15) is 0 Å². The van der Waals surface area contributed by atoms with Crippen molar-refractivity contribution in [1.82, 2.24) is 19.5 Å². The molecule has 262 valence electrons. The maximum absolute atomic E-state index is 6.50. The number of fused-ring (bicyclic) bond motifs is 6. The average molecular weight is 717 g/mol. The van der Waals surface area contributed by atoms with E-state index in [0.717, 1.165) is 83.0 Å². The quantitative estimate of drug-likeness (QED) is 0.172. The third-order valence-electron chi connectivity index (χ3n) is 10.7. The molecule has 0 bridgehead atoms. The van der Waals surface area contributed by atoms with Gasteiger partial charge in [0.05, 0.1) is 16.7 Å². The molecule has 11 aromatic rings. The Hall–Kier alpha value is -7.63. The van der Waals surface area contributed by atoms with Crippen LogP contribution in [-0.2, 0) is 0 Å². The minimum Gasteiger partial charge on any atom is -0.455 e. The van der Waals surface area contributed by atoms with E-state index in [4.69, 9.17) is 19.4 Å². The van der Waals surface area contributed by atoms with Gasteiger partial charge in [0.25, 0.3) is 0 Å². The molecule has 5 heteroatoms. The lowest BCUT2D eigenvalue weighted by molar-refractivity contribution is 0.670. The second-order valence-electron chi connectivity index (χ2n) is 14.0. The summed E-state index contributed by atoms with van der Waals surface area (Å²) < 4.78 is 8.85. The first-order chi connectivity index (χ1) is 27.8. The predicted molar refractivity (Wildman–Crippen MR) is 229 cm³/mol. The summed E-state index contributed by atoms with van der Waals surface area (Å²) in [5, 5.41) is 4.56. The van der Waals surface area contributed by atoms with Crippen molar-refractivity contribution in [1.29, 1.82) is 0 Å². The lowest BCUT2D eigenvalue weighted by Gasteiger charge is -2.15. The van der Waals surface area contributed by atoms with E-state index >= 15 is 0 Å². The minimum absolute atomic E-state index is 0.603. The number of benzene rings is 8. The van der Waals surface area contributed by atoms with Gasteiger partial charge in [-0.3, -0.25) is 0 Å². The van der Waals surface area contributed by atoms with Crippen LogP contribution in [0.3, 0.4) is 0 Å². The lowest BCUT2D eigenvalue weighted by atomic mass is 10.0. The van der Waals surface area contributed by atoms with Gasteiger partial charge in [0, 0.05) is 43.8 Å². The number of furan rings is 1. The standard InChI is InChI=1S/C51H32N4O/c1-3-14-33(15-4-1)34-26-28-36(29-27-34)50-52-49(35-16-5-2-6-17-35)53-51(54-50)43-20-8-11-24-45(43)55-44-23-10-7-18-39(44)40-31-30-37(32-46(40)55)38-21-13-22-42-41-19-9-12-25-47(41)56-48(38)42/h1-32H. The van der Waals surface area contributed by atoms with Gasteiger partial charge in [0.15, 0.2) is 17.5 Å². The van der Waals surface area contributed by atoms with Crippen molar-refractivity contribution in [3.8, 4) is 62.1 Å². The highest BCUT2D eigenvalue weighted by Crippen LogP contribution is 2.40. The van der Waals surface area contributed by atoms with Gasteiger partial charge < -0.3 is 8.98 Å². The van der Waals surface area contributed by atoms with Gasteiger partial charge >= 0.3 is 0 Å². The second-order valence-corrected chi connectivity index (χ2v) is 14.0. The SMILES string of the molecule is c1ccc(-c2ccc(-c3nc(-c4ccccc4)nc(-c4ccccc4-n4c5ccccc5c5ccc(-c6cccc7c6oc6ccccc67)cc54)n3)cc2)cc1. The number of aromatic nitrogens is 4. The summed E-state index contributed by atoms with van der Waals surface area (Å²) in [6, 6.07) is 67.4. The van der Waals surface area contributed by atoms with Crippen LogP contribution >= 0.6 is 0 Å². The number of nitrogens with zero attached hydrogens (tertiary/aromatic N) is 4. The van der Waals surface area contributed by atoms with Crippen molar-refractivity contribution in [2.24, 2.45) is 0 Å². The normalized spacial score (nSPS) is 11.6.